The Morgan fingerprint density at radius 1 is 1.36 bits per heavy atom. The second kappa shape index (κ2) is 6.96. The summed E-state index contributed by atoms with van der Waals surface area (Å²) >= 11 is 0. The number of para-hydroxylation sites is 1. The van der Waals surface area contributed by atoms with E-state index in [1.807, 2.05) is 0 Å². The predicted octanol–water partition coefficient (Wildman–Crippen LogP) is 2.36. The van der Waals surface area contributed by atoms with Gasteiger partial charge in [0.25, 0.3) is 5.91 Å². The maximum absolute atomic E-state index is 12.9. The average molecular weight is 343 g/mol. The van der Waals surface area contributed by atoms with Crippen LogP contribution in [0.4, 0.5) is 5.69 Å². The minimum Gasteiger partial charge on any atom is -0.489 e. The van der Waals surface area contributed by atoms with Crippen LogP contribution in [0, 0.1) is 5.92 Å². The Morgan fingerprint density at radius 2 is 2.16 bits per heavy atom. The summed E-state index contributed by atoms with van der Waals surface area (Å²) in [6.45, 7) is 5.66. The summed E-state index contributed by atoms with van der Waals surface area (Å²) in [7, 11) is 1.32. The lowest BCUT2D eigenvalue weighted by atomic mass is 10.1. The van der Waals surface area contributed by atoms with Gasteiger partial charge in [-0.15, -0.1) is 0 Å². The first-order valence-electron chi connectivity index (χ1n) is 8.19. The Labute approximate surface area is 146 Å². The van der Waals surface area contributed by atoms with Crippen LogP contribution in [-0.4, -0.2) is 41.9 Å². The summed E-state index contributed by atoms with van der Waals surface area (Å²) in [5.41, 5.74) is 1.39. The third-order valence-corrected chi connectivity index (χ3v) is 3.93. The maximum atomic E-state index is 12.9. The van der Waals surface area contributed by atoms with E-state index in [2.05, 4.69) is 18.9 Å². The van der Waals surface area contributed by atoms with Crippen LogP contribution in [0.25, 0.3) is 0 Å². The summed E-state index contributed by atoms with van der Waals surface area (Å²) in [6.07, 6.45) is 3.33. The zero-order chi connectivity index (χ0) is 18.0. The normalized spacial score (nSPS) is 13.4. The van der Waals surface area contributed by atoms with Crippen molar-refractivity contribution in [2.75, 3.05) is 25.2 Å². The third kappa shape index (κ3) is 3.35. The van der Waals surface area contributed by atoms with Crippen molar-refractivity contribution in [2.24, 2.45) is 5.92 Å². The fourth-order valence-electron chi connectivity index (χ4n) is 2.83. The van der Waals surface area contributed by atoms with Crippen LogP contribution in [0.3, 0.4) is 0 Å². The van der Waals surface area contributed by atoms with Crippen LogP contribution in [0.5, 0.6) is 5.75 Å². The number of rotatable bonds is 4. The van der Waals surface area contributed by atoms with E-state index in [1.54, 1.807) is 40.2 Å². The van der Waals surface area contributed by atoms with E-state index in [4.69, 9.17) is 9.47 Å². The highest BCUT2D eigenvalue weighted by Crippen LogP contribution is 2.36. The fraction of sp³-hybridized carbons (Fsp3) is 0.389. The SMILES string of the molecule is COC(=O)c1cccc2c1OCCN2C(=O)c1cnn(CC(C)C)c1. The van der Waals surface area contributed by atoms with Gasteiger partial charge in [-0.1, -0.05) is 19.9 Å². The van der Waals surface area contributed by atoms with Crippen LogP contribution < -0.4 is 9.64 Å². The molecule has 0 aliphatic carbocycles. The summed E-state index contributed by atoms with van der Waals surface area (Å²) in [4.78, 5) is 26.4. The molecule has 2 heterocycles. The van der Waals surface area contributed by atoms with Gasteiger partial charge in [0.2, 0.25) is 0 Å². The van der Waals surface area contributed by atoms with Gasteiger partial charge in [-0.05, 0) is 18.1 Å². The van der Waals surface area contributed by atoms with E-state index in [-0.39, 0.29) is 5.91 Å². The number of aromatic nitrogens is 2. The topological polar surface area (TPSA) is 73.7 Å². The van der Waals surface area contributed by atoms with E-state index < -0.39 is 5.97 Å². The molecule has 0 bridgehead atoms. The highest BCUT2D eigenvalue weighted by atomic mass is 16.5. The number of hydrogen-bond donors (Lipinski definition) is 0. The Morgan fingerprint density at radius 3 is 2.88 bits per heavy atom. The molecule has 2 aromatic rings. The number of anilines is 1. The minimum absolute atomic E-state index is 0.165. The van der Waals surface area contributed by atoms with Gasteiger partial charge in [0.1, 0.15) is 12.2 Å². The Kier molecular flexibility index (Phi) is 4.74. The molecular formula is C18H21N3O4. The largest absolute Gasteiger partial charge is 0.489 e. The molecule has 0 saturated carbocycles. The van der Waals surface area contributed by atoms with Crippen molar-refractivity contribution in [3.05, 3.63) is 41.7 Å². The molecule has 132 valence electrons. The summed E-state index contributed by atoms with van der Waals surface area (Å²) in [6, 6.07) is 5.10. The first-order chi connectivity index (χ1) is 12.0. The first-order valence-corrected chi connectivity index (χ1v) is 8.19. The highest BCUT2D eigenvalue weighted by molar-refractivity contribution is 6.08. The van der Waals surface area contributed by atoms with E-state index in [9.17, 15) is 9.59 Å². The van der Waals surface area contributed by atoms with Crippen molar-refractivity contribution in [3.8, 4) is 5.75 Å². The lowest BCUT2D eigenvalue weighted by Crippen LogP contribution is -2.38. The molecule has 0 N–H and O–H groups in total. The molecule has 3 rings (SSSR count). The lowest BCUT2D eigenvalue weighted by molar-refractivity contribution is 0.0595. The molecule has 1 amide bonds. The van der Waals surface area contributed by atoms with Gasteiger partial charge in [-0.25, -0.2) is 4.79 Å². The molecule has 0 radical (unpaired) electrons. The second-order valence-corrected chi connectivity index (χ2v) is 6.30. The van der Waals surface area contributed by atoms with Gasteiger partial charge in [-0.3, -0.25) is 9.48 Å². The lowest BCUT2D eigenvalue weighted by Gasteiger charge is -2.30. The number of carbonyl (C=O) groups excluding carboxylic acids is 2. The Hall–Kier alpha value is -2.83. The molecule has 0 fully saturated rings. The van der Waals surface area contributed by atoms with Crippen LogP contribution in [-0.2, 0) is 11.3 Å². The molecule has 1 aromatic heterocycles. The minimum atomic E-state index is -0.490. The zero-order valence-corrected chi connectivity index (χ0v) is 14.6. The van der Waals surface area contributed by atoms with Crippen LogP contribution in [0.15, 0.2) is 30.6 Å². The van der Waals surface area contributed by atoms with Crippen LogP contribution >= 0.6 is 0 Å². The fourth-order valence-corrected chi connectivity index (χ4v) is 2.83. The zero-order valence-electron chi connectivity index (χ0n) is 14.6. The molecule has 7 heteroatoms. The molecule has 1 aliphatic rings. The second-order valence-electron chi connectivity index (χ2n) is 6.30. The molecule has 0 unspecified atom stereocenters. The summed E-state index contributed by atoms with van der Waals surface area (Å²) in [5.74, 6) is 0.163. The number of amides is 1. The Balaban J connectivity index is 1.91. The number of hydrogen-bond acceptors (Lipinski definition) is 5. The maximum Gasteiger partial charge on any atom is 0.341 e. The highest BCUT2D eigenvalue weighted by Gasteiger charge is 2.29. The molecule has 0 atom stereocenters. The van der Waals surface area contributed by atoms with E-state index in [1.165, 1.54) is 7.11 Å². The van der Waals surface area contributed by atoms with Crippen LogP contribution in [0.2, 0.25) is 0 Å². The third-order valence-electron chi connectivity index (χ3n) is 3.93. The van der Waals surface area contributed by atoms with Crippen LogP contribution in [0.1, 0.15) is 34.6 Å². The van der Waals surface area contributed by atoms with Crippen molar-refractivity contribution in [1.82, 2.24) is 9.78 Å². The smallest absolute Gasteiger partial charge is 0.341 e. The van der Waals surface area contributed by atoms with Gasteiger partial charge < -0.3 is 14.4 Å². The van der Waals surface area contributed by atoms with E-state index >= 15 is 0 Å². The number of nitrogens with zero attached hydrogens (tertiary/aromatic N) is 3. The molecular weight excluding hydrogens is 322 g/mol. The standard InChI is InChI=1S/C18H21N3O4/c1-12(2)10-20-11-13(9-19-20)17(22)21-7-8-25-16-14(18(23)24-3)5-4-6-15(16)21/h4-6,9,11-12H,7-8,10H2,1-3H3. The van der Waals surface area contributed by atoms with Crippen molar-refractivity contribution in [1.29, 1.82) is 0 Å². The summed E-state index contributed by atoms with van der Waals surface area (Å²) in [5, 5.41) is 4.25. The van der Waals surface area contributed by atoms with Gasteiger partial charge in [0.05, 0.1) is 31.1 Å². The number of esters is 1. The summed E-state index contributed by atoms with van der Waals surface area (Å²) < 4.78 is 12.2. The van der Waals surface area contributed by atoms with Crippen molar-refractivity contribution < 1.29 is 19.1 Å². The molecule has 1 aliphatic heterocycles. The average Bonchev–Trinajstić information content (AvgIpc) is 3.07. The van der Waals surface area contributed by atoms with Gasteiger partial charge in [0.15, 0.2) is 5.75 Å². The van der Waals surface area contributed by atoms with Gasteiger partial charge in [0, 0.05) is 12.7 Å². The van der Waals surface area contributed by atoms with E-state index in [0.29, 0.717) is 41.6 Å². The first kappa shape index (κ1) is 17.0. The quantitative estimate of drug-likeness (QED) is 0.797. The van der Waals surface area contributed by atoms with Crippen molar-refractivity contribution >= 4 is 17.6 Å². The monoisotopic (exact) mass is 343 g/mol. The number of fused-ring (bicyclic) bond motifs is 1. The number of methoxy groups -OCH3 is 1. The Bertz CT molecular complexity index is 797. The molecule has 0 spiro atoms. The number of carbonyl (C=O) groups is 2. The van der Waals surface area contributed by atoms with E-state index in [0.717, 1.165) is 6.54 Å². The molecule has 1 aromatic carbocycles. The van der Waals surface area contributed by atoms with Crippen molar-refractivity contribution in [3.63, 3.8) is 0 Å². The number of benzene rings is 1. The molecule has 0 saturated heterocycles. The predicted molar refractivity (Wildman–Crippen MR) is 92.0 cm³/mol. The molecule has 25 heavy (non-hydrogen) atoms. The van der Waals surface area contributed by atoms with Crippen molar-refractivity contribution in [2.45, 2.75) is 20.4 Å². The van der Waals surface area contributed by atoms with Gasteiger partial charge >= 0.3 is 5.97 Å². The van der Waals surface area contributed by atoms with Gasteiger partial charge in [-0.2, -0.15) is 5.10 Å². The molecule has 7 nitrogen and oxygen atoms in total. The number of ether oxygens (including phenoxy) is 2.